The van der Waals surface area contributed by atoms with Gasteiger partial charge in [0.25, 0.3) is 0 Å². The van der Waals surface area contributed by atoms with Crippen molar-refractivity contribution in [2.75, 3.05) is 13.2 Å². The van der Waals surface area contributed by atoms with Gasteiger partial charge < -0.3 is 14.2 Å². The van der Waals surface area contributed by atoms with Gasteiger partial charge >= 0.3 is 11.9 Å². The molecule has 0 aliphatic carbocycles. The van der Waals surface area contributed by atoms with Crippen LogP contribution in [0.1, 0.15) is 54.4 Å². The maximum Gasteiger partial charge on any atom is 0.330 e. The van der Waals surface area contributed by atoms with E-state index < -0.39 is 41.0 Å². The molecule has 0 N–H and O–H groups in total. The molecule has 150 valence electrons. The molecule has 0 aliphatic heterocycles. The first kappa shape index (κ1) is 24.0. The summed E-state index contributed by atoms with van der Waals surface area (Å²) in [6.45, 7) is 10.1. The van der Waals surface area contributed by atoms with Crippen molar-refractivity contribution in [3.05, 3.63) is 22.3 Å². The fourth-order valence-corrected chi connectivity index (χ4v) is 2.19. The molecule has 2 atom stereocenters. The van der Waals surface area contributed by atoms with Crippen molar-refractivity contribution < 1.29 is 28.7 Å². The normalized spacial score (nSPS) is 14.3. The van der Waals surface area contributed by atoms with Gasteiger partial charge in [0, 0.05) is 11.0 Å². The minimum atomic E-state index is -1.17. The van der Waals surface area contributed by atoms with Crippen LogP contribution in [-0.2, 0) is 23.8 Å². The standard InChI is InChI=1S/C18H31NO7/c1-7-13(8-2)25-15(10-11-16(20)24-9-3)14(12-19(22)23)17(21)26-18(4,5)6/h10-11,13-15H,7-9,12H2,1-6H3/t14-,15-/m1/s1. The fourth-order valence-electron chi connectivity index (χ4n) is 2.19. The van der Waals surface area contributed by atoms with Crippen molar-refractivity contribution in [1.82, 2.24) is 0 Å². The highest BCUT2D eigenvalue weighted by Crippen LogP contribution is 2.20. The second kappa shape index (κ2) is 11.6. The molecule has 0 amide bonds. The highest BCUT2D eigenvalue weighted by atomic mass is 16.6. The summed E-state index contributed by atoms with van der Waals surface area (Å²) in [5, 5.41) is 11.1. The molecule has 26 heavy (non-hydrogen) atoms. The van der Waals surface area contributed by atoms with Crippen molar-refractivity contribution in [3.63, 3.8) is 0 Å². The molecule has 0 aromatic rings. The third-order valence-corrected chi connectivity index (χ3v) is 3.42. The van der Waals surface area contributed by atoms with Gasteiger partial charge in [-0.15, -0.1) is 0 Å². The Kier molecular flexibility index (Phi) is 10.7. The number of hydrogen-bond donors (Lipinski definition) is 0. The quantitative estimate of drug-likeness (QED) is 0.237. The summed E-state index contributed by atoms with van der Waals surface area (Å²) >= 11 is 0. The minimum absolute atomic E-state index is 0.200. The van der Waals surface area contributed by atoms with E-state index in [0.29, 0.717) is 12.8 Å². The Hall–Kier alpha value is -1.96. The Labute approximate surface area is 155 Å². The van der Waals surface area contributed by atoms with Crippen molar-refractivity contribution >= 4 is 11.9 Å². The zero-order valence-electron chi connectivity index (χ0n) is 16.5. The highest BCUT2D eigenvalue weighted by molar-refractivity contribution is 5.82. The maximum atomic E-state index is 12.5. The fraction of sp³-hybridized carbons (Fsp3) is 0.778. The average Bonchev–Trinajstić information content (AvgIpc) is 2.51. The molecule has 0 saturated carbocycles. The van der Waals surface area contributed by atoms with Crippen LogP contribution in [0, 0.1) is 16.0 Å². The molecule has 0 heterocycles. The Morgan fingerprint density at radius 1 is 1.15 bits per heavy atom. The number of hydrogen-bond acceptors (Lipinski definition) is 7. The summed E-state index contributed by atoms with van der Waals surface area (Å²) in [7, 11) is 0. The lowest BCUT2D eigenvalue weighted by molar-refractivity contribution is -0.488. The smallest absolute Gasteiger partial charge is 0.330 e. The molecule has 0 radical (unpaired) electrons. The third kappa shape index (κ3) is 10.1. The van der Waals surface area contributed by atoms with E-state index in [1.54, 1.807) is 27.7 Å². The molecule has 0 unspecified atom stereocenters. The van der Waals surface area contributed by atoms with Crippen LogP contribution in [0.2, 0.25) is 0 Å². The molecule has 0 bridgehead atoms. The van der Waals surface area contributed by atoms with Crippen LogP contribution in [-0.4, -0.2) is 47.8 Å². The van der Waals surface area contributed by atoms with E-state index in [1.165, 1.54) is 6.08 Å². The number of esters is 2. The van der Waals surface area contributed by atoms with Gasteiger partial charge in [-0.2, -0.15) is 0 Å². The average molecular weight is 373 g/mol. The monoisotopic (exact) mass is 373 g/mol. The van der Waals surface area contributed by atoms with Crippen molar-refractivity contribution in [1.29, 1.82) is 0 Å². The molecule has 0 saturated heterocycles. The molecule has 0 spiro atoms. The molecule has 8 nitrogen and oxygen atoms in total. The van der Waals surface area contributed by atoms with Crippen LogP contribution in [0.25, 0.3) is 0 Å². The van der Waals surface area contributed by atoms with Crippen LogP contribution in [0.4, 0.5) is 0 Å². The van der Waals surface area contributed by atoms with Crippen molar-refractivity contribution in [3.8, 4) is 0 Å². The molecule has 0 rings (SSSR count). The van der Waals surface area contributed by atoms with Crippen molar-refractivity contribution in [2.45, 2.75) is 72.2 Å². The number of carbonyl (C=O) groups excluding carboxylic acids is 2. The van der Waals surface area contributed by atoms with Gasteiger partial charge in [-0.25, -0.2) is 4.79 Å². The Morgan fingerprint density at radius 2 is 1.73 bits per heavy atom. The van der Waals surface area contributed by atoms with E-state index in [-0.39, 0.29) is 12.7 Å². The molecular formula is C18H31NO7. The van der Waals surface area contributed by atoms with Gasteiger partial charge in [0.15, 0.2) is 5.92 Å². The highest BCUT2D eigenvalue weighted by Gasteiger charge is 2.37. The second-order valence-corrected chi connectivity index (χ2v) is 6.81. The predicted molar refractivity (Wildman–Crippen MR) is 96.2 cm³/mol. The van der Waals surface area contributed by atoms with Gasteiger partial charge in [-0.1, -0.05) is 13.8 Å². The number of rotatable bonds is 11. The van der Waals surface area contributed by atoms with E-state index in [2.05, 4.69) is 0 Å². The zero-order valence-corrected chi connectivity index (χ0v) is 16.5. The predicted octanol–water partition coefficient (Wildman–Crippen LogP) is 2.91. The first-order valence-electron chi connectivity index (χ1n) is 8.89. The van der Waals surface area contributed by atoms with E-state index >= 15 is 0 Å². The van der Waals surface area contributed by atoms with Crippen LogP contribution < -0.4 is 0 Å². The SMILES string of the molecule is CCOC(=O)C=C[C@@H](OC(CC)CC)[C@@H](C[N+](=O)[O-])C(=O)OC(C)(C)C. The topological polar surface area (TPSA) is 105 Å². The first-order chi connectivity index (χ1) is 12.0. The lowest BCUT2D eigenvalue weighted by atomic mass is 10.0. The number of ether oxygens (including phenoxy) is 3. The van der Waals surface area contributed by atoms with E-state index in [0.717, 1.165) is 6.08 Å². The lowest BCUT2D eigenvalue weighted by Gasteiger charge is -2.28. The number of nitro groups is 1. The molecule has 8 heteroatoms. The minimum Gasteiger partial charge on any atom is -0.463 e. The number of carbonyl (C=O) groups is 2. The third-order valence-electron chi connectivity index (χ3n) is 3.42. The van der Waals surface area contributed by atoms with Crippen molar-refractivity contribution in [2.24, 2.45) is 5.92 Å². The number of nitrogens with zero attached hydrogens (tertiary/aromatic N) is 1. The van der Waals surface area contributed by atoms with Gasteiger partial charge in [-0.05, 0) is 46.6 Å². The largest absolute Gasteiger partial charge is 0.463 e. The molecule has 0 aromatic carbocycles. The summed E-state index contributed by atoms with van der Waals surface area (Å²) in [5.74, 6) is -2.51. The van der Waals surface area contributed by atoms with Crippen LogP contribution in [0.5, 0.6) is 0 Å². The molecule has 0 aromatic heterocycles. The lowest BCUT2D eigenvalue weighted by Crippen LogP contribution is -2.40. The summed E-state index contributed by atoms with van der Waals surface area (Å²) in [5.41, 5.74) is -0.795. The molecular weight excluding hydrogens is 342 g/mol. The van der Waals surface area contributed by atoms with Crippen LogP contribution in [0.15, 0.2) is 12.2 Å². The molecule has 0 fully saturated rings. The van der Waals surface area contributed by atoms with E-state index in [9.17, 15) is 19.7 Å². The summed E-state index contributed by atoms with van der Waals surface area (Å²) in [6.07, 6.45) is 2.63. The summed E-state index contributed by atoms with van der Waals surface area (Å²) in [6, 6.07) is 0. The van der Waals surface area contributed by atoms with E-state index in [1.807, 2.05) is 13.8 Å². The maximum absolute atomic E-state index is 12.5. The van der Waals surface area contributed by atoms with Gasteiger partial charge in [0.2, 0.25) is 6.54 Å². The molecule has 0 aliphatic rings. The first-order valence-corrected chi connectivity index (χ1v) is 8.89. The Balaban J connectivity index is 5.62. The summed E-state index contributed by atoms with van der Waals surface area (Å²) in [4.78, 5) is 34.6. The zero-order chi connectivity index (χ0) is 20.3. The second-order valence-electron chi connectivity index (χ2n) is 6.81. The van der Waals surface area contributed by atoms with E-state index in [4.69, 9.17) is 14.2 Å². The van der Waals surface area contributed by atoms with Gasteiger partial charge in [0.05, 0.1) is 18.8 Å². The Morgan fingerprint density at radius 3 is 2.15 bits per heavy atom. The van der Waals surface area contributed by atoms with Crippen LogP contribution in [0.3, 0.4) is 0 Å². The Bertz CT molecular complexity index is 492. The summed E-state index contributed by atoms with van der Waals surface area (Å²) < 4.78 is 16.0. The van der Waals surface area contributed by atoms with Gasteiger partial charge in [0.1, 0.15) is 5.60 Å². The van der Waals surface area contributed by atoms with Gasteiger partial charge in [-0.3, -0.25) is 14.9 Å². The van der Waals surface area contributed by atoms with Crippen LogP contribution >= 0.6 is 0 Å².